The minimum Gasteiger partial charge on any atom is -0.121 e. The number of alkyl halides is 1. The first-order valence-corrected chi connectivity index (χ1v) is 4.80. The van der Waals surface area contributed by atoms with Crippen LogP contribution in [0.5, 0.6) is 0 Å². The molecule has 1 aromatic carbocycles. The fourth-order valence-corrected chi connectivity index (χ4v) is 2.08. The van der Waals surface area contributed by atoms with Crippen molar-refractivity contribution < 1.29 is 0 Å². The fraction of sp³-hybridized carbons (Fsp3) is 0.333. The summed E-state index contributed by atoms with van der Waals surface area (Å²) in [7, 11) is 0. The van der Waals surface area contributed by atoms with E-state index >= 15 is 0 Å². The maximum Gasteiger partial charge on any atom is 0.0487 e. The third-order valence-electron chi connectivity index (χ3n) is 1.95. The van der Waals surface area contributed by atoms with E-state index in [2.05, 4.69) is 35.8 Å². The van der Waals surface area contributed by atoms with Crippen molar-refractivity contribution in [1.29, 1.82) is 0 Å². The predicted octanol–water partition coefficient (Wildman–Crippen LogP) is 3.80. The number of rotatable bonds is 1. The maximum atomic E-state index is 5.78. The molecule has 0 atom stereocenters. The molecule has 60 valence electrons. The smallest absolute Gasteiger partial charge is 0.0487 e. The van der Waals surface area contributed by atoms with Gasteiger partial charge in [0, 0.05) is 10.4 Å². The van der Waals surface area contributed by atoms with E-state index in [9.17, 15) is 0 Å². The Bertz CT molecular complexity index is 269. The summed E-state index contributed by atoms with van der Waals surface area (Å²) in [5.41, 5.74) is 3.78. The third-order valence-corrected chi connectivity index (χ3v) is 2.96. The van der Waals surface area contributed by atoms with Gasteiger partial charge in [-0.15, -0.1) is 11.6 Å². The molecule has 0 aliphatic rings. The molecule has 0 spiro atoms. The van der Waals surface area contributed by atoms with Crippen molar-refractivity contribution in [3.05, 3.63) is 33.3 Å². The molecular weight excluding hydrogens is 223 g/mol. The highest BCUT2D eigenvalue weighted by atomic mass is 79.9. The Morgan fingerprint density at radius 3 is 2.45 bits per heavy atom. The van der Waals surface area contributed by atoms with E-state index in [0.717, 1.165) is 4.47 Å². The number of hydrogen-bond donors (Lipinski definition) is 0. The third kappa shape index (κ3) is 1.77. The minimum atomic E-state index is 0.577. The van der Waals surface area contributed by atoms with Gasteiger partial charge in [0.05, 0.1) is 0 Å². The van der Waals surface area contributed by atoms with Gasteiger partial charge >= 0.3 is 0 Å². The summed E-state index contributed by atoms with van der Waals surface area (Å²) in [6, 6.07) is 4.13. The standard InChI is InChI=1S/C9H10BrCl/c1-6-3-4-9(10)8(5-11)7(6)2/h3-4H,5H2,1-2H3. The number of hydrogen-bond acceptors (Lipinski definition) is 0. The van der Waals surface area contributed by atoms with Crippen molar-refractivity contribution in [2.75, 3.05) is 0 Å². The van der Waals surface area contributed by atoms with Crippen LogP contribution in [-0.2, 0) is 5.88 Å². The predicted molar refractivity (Wildman–Crippen MR) is 53.2 cm³/mol. The fourth-order valence-electron chi connectivity index (χ4n) is 1.00. The summed E-state index contributed by atoms with van der Waals surface area (Å²) in [5.74, 6) is 0.577. The topological polar surface area (TPSA) is 0 Å². The SMILES string of the molecule is Cc1ccc(Br)c(CCl)c1C. The lowest BCUT2D eigenvalue weighted by atomic mass is 10.1. The van der Waals surface area contributed by atoms with Crippen LogP contribution in [0, 0.1) is 13.8 Å². The minimum absolute atomic E-state index is 0.577. The molecule has 0 bridgehead atoms. The number of halogens is 2. The van der Waals surface area contributed by atoms with Crippen LogP contribution < -0.4 is 0 Å². The van der Waals surface area contributed by atoms with E-state index in [1.54, 1.807) is 0 Å². The molecule has 0 unspecified atom stereocenters. The van der Waals surface area contributed by atoms with E-state index in [4.69, 9.17) is 11.6 Å². The molecule has 11 heavy (non-hydrogen) atoms. The molecular formula is C9H10BrCl. The Hall–Kier alpha value is -0.0100. The highest BCUT2D eigenvalue weighted by molar-refractivity contribution is 9.10. The monoisotopic (exact) mass is 232 g/mol. The Kier molecular flexibility index (Phi) is 2.97. The van der Waals surface area contributed by atoms with Crippen LogP contribution >= 0.6 is 27.5 Å². The molecule has 0 aromatic heterocycles. The van der Waals surface area contributed by atoms with Gasteiger partial charge in [-0.25, -0.2) is 0 Å². The summed E-state index contributed by atoms with van der Waals surface area (Å²) >= 11 is 9.24. The molecule has 0 fully saturated rings. The van der Waals surface area contributed by atoms with Gasteiger partial charge in [-0.3, -0.25) is 0 Å². The van der Waals surface area contributed by atoms with Gasteiger partial charge in [-0.05, 0) is 36.6 Å². The van der Waals surface area contributed by atoms with Crippen LogP contribution in [0.3, 0.4) is 0 Å². The molecule has 0 amide bonds. The normalized spacial score (nSPS) is 10.2. The van der Waals surface area contributed by atoms with Gasteiger partial charge < -0.3 is 0 Å². The molecule has 0 aliphatic heterocycles. The molecule has 0 heterocycles. The van der Waals surface area contributed by atoms with Gasteiger partial charge in [0.15, 0.2) is 0 Å². The van der Waals surface area contributed by atoms with Gasteiger partial charge in [0.1, 0.15) is 0 Å². The van der Waals surface area contributed by atoms with E-state index in [1.165, 1.54) is 16.7 Å². The number of aryl methyl sites for hydroxylation is 1. The molecule has 0 nitrogen and oxygen atoms in total. The molecule has 0 radical (unpaired) electrons. The van der Waals surface area contributed by atoms with Crippen LogP contribution in [0.1, 0.15) is 16.7 Å². The molecule has 0 N–H and O–H groups in total. The van der Waals surface area contributed by atoms with Crippen molar-refractivity contribution in [2.45, 2.75) is 19.7 Å². The van der Waals surface area contributed by atoms with Gasteiger partial charge in [0.2, 0.25) is 0 Å². The second kappa shape index (κ2) is 3.59. The summed E-state index contributed by atoms with van der Waals surface area (Å²) in [5, 5.41) is 0. The highest BCUT2D eigenvalue weighted by Crippen LogP contribution is 2.24. The zero-order valence-electron chi connectivity index (χ0n) is 6.62. The van der Waals surface area contributed by atoms with Gasteiger partial charge in [0.25, 0.3) is 0 Å². The Balaban J connectivity index is 3.29. The van der Waals surface area contributed by atoms with E-state index in [1.807, 2.05) is 6.07 Å². The van der Waals surface area contributed by atoms with Crippen molar-refractivity contribution >= 4 is 27.5 Å². The highest BCUT2D eigenvalue weighted by Gasteiger charge is 2.03. The first-order chi connectivity index (χ1) is 5.16. The van der Waals surface area contributed by atoms with Crippen LogP contribution in [0.15, 0.2) is 16.6 Å². The van der Waals surface area contributed by atoms with Crippen LogP contribution in [0.25, 0.3) is 0 Å². The van der Waals surface area contributed by atoms with E-state index < -0.39 is 0 Å². The van der Waals surface area contributed by atoms with Crippen molar-refractivity contribution in [1.82, 2.24) is 0 Å². The van der Waals surface area contributed by atoms with Gasteiger partial charge in [-0.2, -0.15) is 0 Å². The summed E-state index contributed by atoms with van der Waals surface area (Å²) in [4.78, 5) is 0. The van der Waals surface area contributed by atoms with Crippen LogP contribution in [0.4, 0.5) is 0 Å². The maximum absolute atomic E-state index is 5.78. The Morgan fingerprint density at radius 2 is 2.00 bits per heavy atom. The number of benzene rings is 1. The van der Waals surface area contributed by atoms with Gasteiger partial charge in [-0.1, -0.05) is 22.0 Å². The molecule has 0 saturated heterocycles. The van der Waals surface area contributed by atoms with Crippen molar-refractivity contribution in [3.8, 4) is 0 Å². The quantitative estimate of drug-likeness (QED) is 0.647. The Morgan fingerprint density at radius 1 is 1.36 bits per heavy atom. The first kappa shape index (κ1) is 9.08. The first-order valence-electron chi connectivity index (χ1n) is 3.47. The summed E-state index contributed by atoms with van der Waals surface area (Å²) in [6.45, 7) is 4.19. The second-order valence-corrected chi connectivity index (χ2v) is 3.72. The van der Waals surface area contributed by atoms with Crippen molar-refractivity contribution in [2.24, 2.45) is 0 Å². The second-order valence-electron chi connectivity index (χ2n) is 2.60. The molecule has 2 heteroatoms. The van der Waals surface area contributed by atoms with Crippen LogP contribution in [0.2, 0.25) is 0 Å². The van der Waals surface area contributed by atoms with Crippen LogP contribution in [-0.4, -0.2) is 0 Å². The summed E-state index contributed by atoms with van der Waals surface area (Å²) < 4.78 is 1.11. The lowest BCUT2D eigenvalue weighted by Crippen LogP contribution is -1.89. The zero-order chi connectivity index (χ0) is 8.43. The molecule has 0 aliphatic carbocycles. The Labute approximate surface area is 80.7 Å². The average Bonchev–Trinajstić information content (AvgIpc) is 1.99. The molecule has 1 rings (SSSR count). The average molecular weight is 234 g/mol. The molecule has 0 saturated carbocycles. The largest absolute Gasteiger partial charge is 0.121 e. The zero-order valence-corrected chi connectivity index (χ0v) is 8.96. The van der Waals surface area contributed by atoms with E-state index in [-0.39, 0.29) is 0 Å². The molecule has 1 aromatic rings. The lowest BCUT2D eigenvalue weighted by Gasteiger charge is -2.07. The van der Waals surface area contributed by atoms with E-state index in [0.29, 0.717) is 5.88 Å². The lowest BCUT2D eigenvalue weighted by molar-refractivity contribution is 1.22. The summed E-state index contributed by atoms with van der Waals surface area (Å²) in [6.07, 6.45) is 0. The van der Waals surface area contributed by atoms with Crippen molar-refractivity contribution in [3.63, 3.8) is 0 Å².